The molecule has 0 aliphatic rings. The summed E-state index contributed by atoms with van der Waals surface area (Å²) in [6.07, 6.45) is 1.54. The van der Waals surface area contributed by atoms with Crippen molar-refractivity contribution in [1.82, 2.24) is 10.3 Å². The van der Waals surface area contributed by atoms with E-state index in [2.05, 4.69) is 26.2 Å². The third kappa shape index (κ3) is 3.07. The number of amides is 1. The predicted molar refractivity (Wildman–Crippen MR) is 71.8 cm³/mol. The van der Waals surface area contributed by atoms with E-state index >= 15 is 0 Å². The molecule has 1 aromatic heterocycles. The summed E-state index contributed by atoms with van der Waals surface area (Å²) in [5.41, 5.74) is 0.326. The Morgan fingerprint density at radius 3 is 2.61 bits per heavy atom. The van der Waals surface area contributed by atoms with Gasteiger partial charge in [0.15, 0.2) is 0 Å². The molecule has 0 fully saturated rings. The van der Waals surface area contributed by atoms with Gasteiger partial charge >= 0.3 is 0 Å². The van der Waals surface area contributed by atoms with Crippen LogP contribution in [0.1, 0.15) is 10.5 Å². The maximum atomic E-state index is 11.4. The molecule has 0 spiro atoms. The summed E-state index contributed by atoms with van der Waals surface area (Å²) in [5, 5.41) is 2.52. The van der Waals surface area contributed by atoms with Crippen LogP contribution in [-0.2, 0) is 0 Å². The number of nitrogens with zero attached hydrogens (tertiary/aromatic N) is 1. The number of benzene rings is 1. The standard InChI is InChI=1S/C13H11BrN2O2/c1-15-13(17)12-8-11(6-7-16-12)18-10-4-2-9(14)3-5-10/h2-8H,1H3,(H,15,17). The topological polar surface area (TPSA) is 51.2 Å². The average Bonchev–Trinajstić information content (AvgIpc) is 2.41. The molecular formula is C13H11BrN2O2. The molecule has 5 heteroatoms. The van der Waals surface area contributed by atoms with E-state index in [1.165, 1.54) is 0 Å². The molecule has 0 saturated heterocycles. The van der Waals surface area contributed by atoms with E-state index in [-0.39, 0.29) is 5.91 Å². The smallest absolute Gasteiger partial charge is 0.269 e. The Labute approximate surface area is 113 Å². The number of hydrogen-bond acceptors (Lipinski definition) is 3. The van der Waals surface area contributed by atoms with Gasteiger partial charge < -0.3 is 10.1 Å². The Balaban J connectivity index is 2.19. The number of pyridine rings is 1. The molecule has 1 aromatic carbocycles. The van der Waals surface area contributed by atoms with Crippen LogP contribution in [0.15, 0.2) is 47.1 Å². The van der Waals surface area contributed by atoms with E-state index in [4.69, 9.17) is 4.74 Å². The van der Waals surface area contributed by atoms with Gasteiger partial charge in [-0.3, -0.25) is 9.78 Å². The Morgan fingerprint density at radius 1 is 1.22 bits per heavy atom. The Bertz CT molecular complexity index is 555. The summed E-state index contributed by atoms with van der Waals surface area (Å²) in [7, 11) is 1.56. The lowest BCUT2D eigenvalue weighted by Gasteiger charge is -2.06. The molecule has 1 N–H and O–H groups in total. The van der Waals surface area contributed by atoms with Crippen LogP contribution in [-0.4, -0.2) is 17.9 Å². The predicted octanol–water partition coefficient (Wildman–Crippen LogP) is 3.00. The molecule has 18 heavy (non-hydrogen) atoms. The second kappa shape index (κ2) is 5.64. The summed E-state index contributed by atoms with van der Waals surface area (Å²) < 4.78 is 6.61. The van der Waals surface area contributed by atoms with Crippen molar-refractivity contribution in [2.75, 3.05) is 7.05 Å². The Hall–Kier alpha value is -1.88. The van der Waals surface area contributed by atoms with Gasteiger partial charge in [-0.15, -0.1) is 0 Å². The first-order chi connectivity index (χ1) is 8.69. The first-order valence-corrected chi connectivity index (χ1v) is 6.10. The molecular weight excluding hydrogens is 296 g/mol. The molecule has 0 saturated carbocycles. The van der Waals surface area contributed by atoms with Crippen molar-refractivity contribution in [3.8, 4) is 11.5 Å². The van der Waals surface area contributed by atoms with E-state index < -0.39 is 0 Å². The van der Waals surface area contributed by atoms with Gasteiger partial charge in [0, 0.05) is 23.8 Å². The van der Waals surface area contributed by atoms with Crippen molar-refractivity contribution in [2.24, 2.45) is 0 Å². The van der Waals surface area contributed by atoms with Crippen molar-refractivity contribution in [3.05, 3.63) is 52.8 Å². The molecule has 0 atom stereocenters. The Morgan fingerprint density at radius 2 is 1.94 bits per heavy atom. The van der Waals surface area contributed by atoms with E-state index in [1.807, 2.05) is 24.3 Å². The van der Waals surface area contributed by atoms with Gasteiger partial charge in [-0.2, -0.15) is 0 Å². The highest BCUT2D eigenvalue weighted by molar-refractivity contribution is 9.10. The molecule has 0 bridgehead atoms. The quantitative estimate of drug-likeness (QED) is 0.948. The minimum atomic E-state index is -0.240. The maximum Gasteiger partial charge on any atom is 0.269 e. The fourth-order valence-electron chi connectivity index (χ4n) is 1.37. The Kier molecular flexibility index (Phi) is 3.94. The maximum absolute atomic E-state index is 11.4. The zero-order chi connectivity index (χ0) is 13.0. The van der Waals surface area contributed by atoms with Crippen LogP contribution in [0.2, 0.25) is 0 Å². The van der Waals surface area contributed by atoms with Crippen molar-refractivity contribution in [2.45, 2.75) is 0 Å². The molecule has 92 valence electrons. The minimum absolute atomic E-state index is 0.240. The minimum Gasteiger partial charge on any atom is -0.457 e. The SMILES string of the molecule is CNC(=O)c1cc(Oc2ccc(Br)cc2)ccn1. The number of carbonyl (C=O) groups excluding carboxylic acids is 1. The van der Waals surface area contributed by atoms with Gasteiger partial charge in [-0.1, -0.05) is 15.9 Å². The molecule has 0 radical (unpaired) electrons. The molecule has 2 rings (SSSR count). The summed E-state index contributed by atoms with van der Waals surface area (Å²) in [4.78, 5) is 15.4. The van der Waals surface area contributed by atoms with Gasteiger partial charge in [0.2, 0.25) is 0 Å². The van der Waals surface area contributed by atoms with E-state index in [0.717, 1.165) is 4.47 Å². The monoisotopic (exact) mass is 306 g/mol. The third-order valence-electron chi connectivity index (χ3n) is 2.24. The first kappa shape index (κ1) is 12.6. The second-order valence-electron chi connectivity index (χ2n) is 3.51. The van der Waals surface area contributed by atoms with Crippen LogP contribution < -0.4 is 10.1 Å². The number of hydrogen-bond donors (Lipinski definition) is 1. The van der Waals surface area contributed by atoms with Crippen LogP contribution >= 0.6 is 15.9 Å². The second-order valence-corrected chi connectivity index (χ2v) is 4.43. The number of rotatable bonds is 3. The van der Waals surface area contributed by atoms with Crippen LogP contribution in [0, 0.1) is 0 Å². The summed E-state index contributed by atoms with van der Waals surface area (Å²) in [5.74, 6) is 1.04. The van der Waals surface area contributed by atoms with Crippen LogP contribution in [0.4, 0.5) is 0 Å². The van der Waals surface area contributed by atoms with Gasteiger partial charge in [0.25, 0.3) is 5.91 Å². The lowest BCUT2D eigenvalue weighted by molar-refractivity contribution is 0.0958. The largest absolute Gasteiger partial charge is 0.457 e. The zero-order valence-corrected chi connectivity index (χ0v) is 11.3. The highest BCUT2D eigenvalue weighted by atomic mass is 79.9. The molecule has 0 aliphatic carbocycles. The molecule has 0 aliphatic heterocycles. The van der Waals surface area contributed by atoms with Gasteiger partial charge in [0.05, 0.1) is 0 Å². The summed E-state index contributed by atoms with van der Waals surface area (Å²) in [6.45, 7) is 0. The van der Waals surface area contributed by atoms with Gasteiger partial charge in [-0.25, -0.2) is 0 Å². The number of halogens is 1. The number of nitrogens with one attached hydrogen (secondary N) is 1. The van der Waals surface area contributed by atoms with Gasteiger partial charge in [0.1, 0.15) is 17.2 Å². The molecule has 0 unspecified atom stereocenters. The molecule has 4 nitrogen and oxygen atoms in total. The fourth-order valence-corrected chi connectivity index (χ4v) is 1.63. The number of carbonyl (C=O) groups is 1. The lowest BCUT2D eigenvalue weighted by atomic mass is 10.3. The average molecular weight is 307 g/mol. The van der Waals surface area contributed by atoms with Crippen LogP contribution in [0.5, 0.6) is 11.5 Å². The number of ether oxygens (including phenoxy) is 1. The van der Waals surface area contributed by atoms with E-state index in [0.29, 0.717) is 17.2 Å². The molecule has 2 aromatic rings. The fraction of sp³-hybridized carbons (Fsp3) is 0.0769. The van der Waals surface area contributed by atoms with Crippen molar-refractivity contribution in [1.29, 1.82) is 0 Å². The lowest BCUT2D eigenvalue weighted by Crippen LogP contribution is -2.18. The highest BCUT2D eigenvalue weighted by Gasteiger charge is 2.06. The van der Waals surface area contributed by atoms with Crippen LogP contribution in [0.25, 0.3) is 0 Å². The van der Waals surface area contributed by atoms with Crippen molar-refractivity contribution >= 4 is 21.8 Å². The number of aromatic nitrogens is 1. The van der Waals surface area contributed by atoms with Crippen LogP contribution in [0.3, 0.4) is 0 Å². The first-order valence-electron chi connectivity index (χ1n) is 5.30. The van der Waals surface area contributed by atoms with E-state index in [9.17, 15) is 4.79 Å². The van der Waals surface area contributed by atoms with E-state index in [1.54, 1.807) is 25.4 Å². The third-order valence-corrected chi connectivity index (χ3v) is 2.77. The highest BCUT2D eigenvalue weighted by Crippen LogP contribution is 2.23. The molecule has 1 amide bonds. The summed E-state index contributed by atoms with van der Waals surface area (Å²) >= 11 is 3.35. The van der Waals surface area contributed by atoms with Gasteiger partial charge in [-0.05, 0) is 30.3 Å². The summed E-state index contributed by atoms with van der Waals surface area (Å²) in [6, 6.07) is 10.7. The normalized spacial score (nSPS) is 9.89. The molecule has 1 heterocycles. The van der Waals surface area contributed by atoms with Crippen molar-refractivity contribution in [3.63, 3.8) is 0 Å². The van der Waals surface area contributed by atoms with Crippen molar-refractivity contribution < 1.29 is 9.53 Å². The zero-order valence-electron chi connectivity index (χ0n) is 9.68.